The maximum absolute atomic E-state index is 13.1. The molecule has 4 aromatic rings. The van der Waals surface area contributed by atoms with Crippen molar-refractivity contribution in [2.75, 3.05) is 19.3 Å². The summed E-state index contributed by atoms with van der Waals surface area (Å²) in [5.74, 6) is 2.58. The first-order valence-corrected chi connectivity index (χ1v) is 12.9. The van der Waals surface area contributed by atoms with Crippen LogP contribution in [0.4, 0.5) is 0 Å². The van der Waals surface area contributed by atoms with E-state index >= 15 is 0 Å². The SMILES string of the molecule is CSc1ccccc1C(=O)N1CCC(c2nccn2Cc2nccn2Cc2ccccc2)CC1. The molecule has 3 heterocycles. The van der Waals surface area contributed by atoms with Gasteiger partial charge in [-0.3, -0.25) is 4.79 Å². The van der Waals surface area contributed by atoms with Gasteiger partial charge in [0.1, 0.15) is 11.6 Å². The minimum absolute atomic E-state index is 0.134. The smallest absolute Gasteiger partial charge is 0.254 e. The highest BCUT2D eigenvalue weighted by Gasteiger charge is 2.28. The van der Waals surface area contributed by atoms with Crippen molar-refractivity contribution in [1.82, 2.24) is 24.0 Å². The van der Waals surface area contributed by atoms with Gasteiger partial charge in [-0.1, -0.05) is 42.5 Å². The van der Waals surface area contributed by atoms with Gasteiger partial charge in [-0.25, -0.2) is 9.97 Å². The Morgan fingerprint density at radius 2 is 1.62 bits per heavy atom. The molecule has 0 N–H and O–H groups in total. The van der Waals surface area contributed by atoms with Crippen LogP contribution >= 0.6 is 11.8 Å². The molecule has 1 amide bonds. The molecular formula is C27H29N5OS. The number of aromatic nitrogens is 4. The van der Waals surface area contributed by atoms with Gasteiger partial charge in [-0.05, 0) is 36.8 Å². The monoisotopic (exact) mass is 471 g/mol. The lowest BCUT2D eigenvalue weighted by Crippen LogP contribution is -2.38. The molecule has 0 spiro atoms. The first-order chi connectivity index (χ1) is 16.7. The zero-order chi connectivity index (χ0) is 23.3. The fraction of sp³-hybridized carbons (Fsp3) is 0.296. The first kappa shape index (κ1) is 22.5. The third-order valence-corrected chi connectivity index (χ3v) is 7.34. The number of carbonyl (C=O) groups is 1. The summed E-state index contributed by atoms with van der Waals surface area (Å²) in [6.45, 7) is 3.00. The van der Waals surface area contributed by atoms with Crippen LogP contribution < -0.4 is 0 Å². The van der Waals surface area contributed by atoms with Gasteiger partial charge in [0.2, 0.25) is 0 Å². The fourth-order valence-electron chi connectivity index (χ4n) is 4.71. The molecule has 0 unspecified atom stereocenters. The van der Waals surface area contributed by atoms with Crippen molar-refractivity contribution >= 4 is 17.7 Å². The minimum Gasteiger partial charge on any atom is -0.339 e. The van der Waals surface area contributed by atoms with Gasteiger partial charge in [0.05, 0.1) is 12.1 Å². The number of imidazole rings is 2. The molecule has 1 saturated heterocycles. The largest absolute Gasteiger partial charge is 0.339 e. The molecule has 5 rings (SSSR count). The van der Waals surface area contributed by atoms with Crippen LogP contribution in [0.25, 0.3) is 0 Å². The Hall–Kier alpha value is -3.32. The van der Waals surface area contributed by atoms with Crippen molar-refractivity contribution in [2.45, 2.75) is 36.7 Å². The minimum atomic E-state index is 0.134. The molecule has 1 aliphatic heterocycles. The Morgan fingerprint density at radius 3 is 2.41 bits per heavy atom. The van der Waals surface area contributed by atoms with Crippen LogP contribution in [-0.4, -0.2) is 49.3 Å². The Labute approximate surface area is 204 Å². The number of hydrogen-bond acceptors (Lipinski definition) is 4. The maximum atomic E-state index is 13.1. The van der Waals surface area contributed by atoms with Crippen molar-refractivity contribution in [3.05, 3.63) is 102 Å². The van der Waals surface area contributed by atoms with Crippen molar-refractivity contribution in [2.24, 2.45) is 0 Å². The number of carbonyl (C=O) groups excluding carboxylic acids is 1. The van der Waals surface area contributed by atoms with Gasteiger partial charge in [-0.15, -0.1) is 11.8 Å². The molecule has 34 heavy (non-hydrogen) atoms. The van der Waals surface area contributed by atoms with Crippen LogP contribution in [0.2, 0.25) is 0 Å². The predicted octanol–water partition coefficient (Wildman–Crippen LogP) is 4.92. The molecule has 174 valence electrons. The first-order valence-electron chi connectivity index (χ1n) is 11.7. The van der Waals surface area contributed by atoms with E-state index in [9.17, 15) is 4.79 Å². The molecular weight excluding hydrogens is 442 g/mol. The molecule has 0 aliphatic carbocycles. The van der Waals surface area contributed by atoms with Crippen LogP contribution in [0.3, 0.4) is 0 Å². The van der Waals surface area contributed by atoms with Crippen LogP contribution in [0, 0.1) is 0 Å². The van der Waals surface area contributed by atoms with E-state index in [0.29, 0.717) is 12.5 Å². The molecule has 2 aromatic heterocycles. The topological polar surface area (TPSA) is 56.0 Å². The lowest BCUT2D eigenvalue weighted by atomic mass is 9.95. The quantitative estimate of drug-likeness (QED) is 0.359. The molecule has 1 aliphatic rings. The molecule has 0 bridgehead atoms. The lowest BCUT2D eigenvalue weighted by molar-refractivity contribution is 0.0707. The summed E-state index contributed by atoms with van der Waals surface area (Å²) >= 11 is 1.62. The second kappa shape index (κ2) is 10.3. The molecule has 0 atom stereocenters. The third kappa shape index (κ3) is 4.80. The number of amides is 1. The van der Waals surface area contributed by atoms with Crippen LogP contribution in [0.1, 0.15) is 46.3 Å². The van der Waals surface area contributed by atoms with Gasteiger partial charge in [0.25, 0.3) is 5.91 Å². The van der Waals surface area contributed by atoms with Gasteiger partial charge in [-0.2, -0.15) is 0 Å². The highest BCUT2D eigenvalue weighted by atomic mass is 32.2. The highest BCUT2D eigenvalue weighted by Crippen LogP contribution is 2.29. The molecule has 1 fully saturated rings. The van der Waals surface area contributed by atoms with E-state index in [1.54, 1.807) is 11.8 Å². The van der Waals surface area contributed by atoms with Crippen LogP contribution in [0.5, 0.6) is 0 Å². The third-order valence-electron chi connectivity index (χ3n) is 6.54. The molecule has 2 aromatic carbocycles. The Kier molecular flexibility index (Phi) is 6.81. The average molecular weight is 472 g/mol. The van der Waals surface area contributed by atoms with Crippen LogP contribution in [-0.2, 0) is 13.1 Å². The molecule has 0 saturated carbocycles. The number of likely N-dealkylation sites (tertiary alicyclic amines) is 1. The Bertz CT molecular complexity index is 1240. The number of benzene rings is 2. The van der Waals surface area contributed by atoms with E-state index in [-0.39, 0.29) is 5.91 Å². The second-order valence-electron chi connectivity index (χ2n) is 8.64. The summed E-state index contributed by atoms with van der Waals surface area (Å²) < 4.78 is 4.42. The van der Waals surface area contributed by atoms with Gasteiger partial charge >= 0.3 is 0 Å². The maximum Gasteiger partial charge on any atom is 0.254 e. The van der Waals surface area contributed by atoms with Crippen molar-refractivity contribution in [3.63, 3.8) is 0 Å². The number of nitrogens with zero attached hydrogens (tertiary/aromatic N) is 5. The normalized spacial score (nSPS) is 14.4. The van der Waals surface area contributed by atoms with E-state index < -0.39 is 0 Å². The van der Waals surface area contributed by atoms with Gasteiger partial charge < -0.3 is 14.0 Å². The van der Waals surface area contributed by atoms with Gasteiger partial charge in [0, 0.05) is 55.2 Å². The average Bonchev–Trinajstić information content (AvgIpc) is 3.54. The molecule has 6 nitrogen and oxygen atoms in total. The van der Waals surface area contributed by atoms with Crippen molar-refractivity contribution in [3.8, 4) is 0 Å². The Balaban J connectivity index is 1.25. The molecule has 7 heteroatoms. The summed E-state index contributed by atoms with van der Waals surface area (Å²) in [7, 11) is 0. The fourth-order valence-corrected chi connectivity index (χ4v) is 5.30. The lowest BCUT2D eigenvalue weighted by Gasteiger charge is -2.32. The summed E-state index contributed by atoms with van der Waals surface area (Å²) in [4.78, 5) is 25.5. The number of piperidine rings is 1. The second-order valence-corrected chi connectivity index (χ2v) is 9.49. The highest BCUT2D eigenvalue weighted by molar-refractivity contribution is 7.98. The number of thioether (sulfide) groups is 1. The van der Waals surface area contributed by atoms with Crippen molar-refractivity contribution in [1.29, 1.82) is 0 Å². The van der Waals surface area contributed by atoms with E-state index in [0.717, 1.165) is 54.6 Å². The number of rotatable bonds is 7. The summed E-state index contributed by atoms with van der Waals surface area (Å²) in [5.41, 5.74) is 2.06. The standard InChI is InChI=1S/C27H29N5OS/c1-34-24-10-6-5-9-23(24)27(33)30-15-11-22(12-16-30)26-29-14-18-32(26)20-25-28-13-17-31(25)19-21-7-3-2-4-8-21/h2-10,13-14,17-18,22H,11-12,15-16,19-20H2,1H3. The van der Waals surface area contributed by atoms with Gasteiger partial charge in [0.15, 0.2) is 0 Å². The summed E-state index contributed by atoms with van der Waals surface area (Å²) in [5, 5.41) is 0. The van der Waals surface area contributed by atoms with E-state index in [1.807, 2.05) is 66.3 Å². The Morgan fingerprint density at radius 1 is 0.912 bits per heavy atom. The van der Waals surface area contributed by atoms with Crippen LogP contribution in [0.15, 0.2) is 84.3 Å². The predicted molar refractivity (Wildman–Crippen MR) is 135 cm³/mol. The van der Waals surface area contributed by atoms with Crippen molar-refractivity contribution < 1.29 is 4.79 Å². The van der Waals surface area contributed by atoms with E-state index in [1.165, 1.54) is 5.56 Å². The zero-order valence-corrected chi connectivity index (χ0v) is 20.2. The molecule has 0 radical (unpaired) electrons. The summed E-state index contributed by atoms with van der Waals surface area (Å²) in [6.07, 6.45) is 11.7. The zero-order valence-electron chi connectivity index (χ0n) is 19.4. The number of hydrogen-bond donors (Lipinski definition) is 0. The summed E-state index contributed by atoms with van der Waals surface area (Å²) in [6, 6.07) is 18.3. The van der Waals surface area contributed by atoms with E-state index in [2.05, 4.69) is 38.4 Å². The van der Waals surface area contributed by atoms with E-state index in [4.69, 9.17) is 4.98 Å².